The number of nitrogens with zero attached hydrogens (tertiary/aromatic N) is 1. The molecule has 1 heterocycles. The Kier molecular flexibility index (Phi) is 5.99. The van der Waals surface area contributed by atoms with Gasteiger partial charge in [0.1, 0.15) is 5.75 Å². The SMILES string of the molecule is CCCCc1ccc(-c2cccc3c(C(=O)O)cc(-c4ccc(OC)cc4)nc23)cc1. The number of rotatable bonds is 7. The number of hydrogen-bond acceptors (Lipinski definition) is 3. The highest BCUT2D eigenvalue weighted by molar-refractivity contribution is 6.07. The van der Waals surface area contributed by atoms with Crippen LogP contribution in [0.1, 0.15) is 35.7 Å². The van der Waals surface area contributed by atoms with Crippen LogP contribution in [0.15, 0.2) is 72.8 Å². The molecular weight excluding hydrogens is 386 g/mol. The molecule has 0 spiro atoms. The Morgan fingerprint density at radius 3 is 2.32 bits per heavy atom. The second-order valence-electron chi connectivity index (χ2n) is 7.59. The standard InChI is InChI=1S/C27H25NO3/c1-3-4-6-18-9-11-19(12-10-18)22-7-5-8-23-24(27(29)30)17-25(28-26(22)23)20-13-15-21(31-2)16-14-20/h5,7-17H,3-4,6H2,1-2H3,(H,29,30). The quantitative estimate of drug-likeness (QED) is 0.371. The number of para-hydroxylation sites is 1. The lowest BCUT2D eigenvalue weighted by atomic mass is 9.96. The summed E-state index contributed by atoms with van der Waals surface area (Å²) in [5.41, 5.74) is 5.67. The van der Waals surface area contributed by atoms with Gasteiger partial charge in [0.15, 0.2) is 0 Å². The van der Waals surface area contributed by atoms with Gasteiger partial charge in [0.25, 0.3) is 0 Å². The monoisotopic (exact) mass is 411 g/mol. The second kappa shape index (κ2) is 9.00. The third kappa shape index (κ3) is 4.29. The van der Waals surface area contributed by atoms with Gasteiger partial charge in [-0.1, -0.05) is 55.8 Å². The summed E-state index contributed by atoms with van der Waals surface area (Å²) in [6.07, 6.45) is 3.40. The Morgan fingerprint density at radius 2 is 1.68 bits per heavy atom. The van der Waals surface area contributed by atoms with Crippen LogP contribution >= 0.6 is 0 Å². The Balaban J connectivity index is 1.86. The number of methoxy groups -OCH3 is 1. The predicted molar refractivity (Wildman–Crippen MR) is 125 cm³/mol. The van der Waals surface area contributed by atoms with E-state index in [1.165, 1.54) is 18.4 Å². The molecule has 1 aromatic heterocycles. The summed E-state index contributed by atoms with van der Waals surface area (Å²) in [4.78, 5) is 16.9. The summed E-state index contributed by atoms with van der Waals surface area (Å²) in [5.74, 6) is -0.221. The smallest absolute Gasteiger partial charge is 0.336 e. The van der Waals surface area contributed by atoms with Gasteiger partial charge in [-0.05, 0) is 54.3 Å². The summed E-state index contributed by atoms with van der Waals surface area (Å²) >= 11 is 0. The molecule has 0 aliphatic heterocycles. The number of hydrogen-bond donors (Lipinski definition) is 1. The number of benzene rings is 3. The number of aromatic nitrogens is 1. The van der Waals surface area contributed by atoms with Gasteiger partial charge >= 0.3 is 5.97 Å². The molecule has 4 heteroatoms. The first kappa shape index (κ1) is 20.6. The van der Waals surface area contributed by atoms with E-state index in [2.05, 4.69) is 31.2 Å². The van der Waals surface area contributed by atoms with Crippen LogP contribution in [0.5, 0.6) is 5.75 Å². The molecule has 31 heavy (non-hydrogen) atoms. The van der Waals surface area contributed by atoms with E-state index >= 15 is 0 Å². The van der Waals surface area contributed by atoms with E-state index < -0.39 is 5.97 Å². The molecule has 1 N–H and O–H groups in total. The van der Waals surface area contributed by atoms with Crippen molar-refractivity contribution in [2.24, 2.45) is 0 Å². The van der Waals surface area contributed by atoms with Crippen LogP contribution in [0.2, 0.25) is 0 Å². The second-order valence-corrected chi connectivity index (χ2v) is 7.59. The molecule has 0 atom stereocenters. The zero-order chi connectivity index (χ0) is 21.8. The van der Waals surface area contributed by atoms with Crippen LogP contribution in [0.3, 0.4) is 0 Å². The van der Waals surface area contributed by atoms with Crippen molar-refractivity contribution in [3.8, 4) is 28.1 Å². The third-order valence-electron chi connectivity index (χ3n) is 5.54. The van der Waals surface area contributed by atoms with Gasteiger partial charge in [0, 0.05) is 16.5 Å². The maximum absolute atomic E-state index is 12.0. The zero-order valence-corrected chi connectivity index (χ0v) is 17.8. The number of carboxylic acids is 1. The molecule has 0 radical (unpaired) electrons. The first-order chi connectivity index (χ1) is 15.1. The van der Waals surface area contributed by atoms with Gasteiger partial charge < -0.3 is 9.84 Å². The minimum atomic E-state index is -0.964. The summed E-state index contributed by atoms with van der Waals surface area (Å²) in [6.45, 7) is 2.19. The Labute approximate surface area is 182 Å². The van der Waals surface area contributed by atoms with E-state index in [-0.39, 0.29) is 5.56 Å². The minimum Gasteiger partial charge on any atom is -0.497 e. The van der Waals surface area contributed by atoms with E-state index in [9.17, 15) is 9.90 Å². The molecule has 4 nitrogen and oxygen atoms in total. The number of fused-ring (bicyclic) bond motifs is 1. The Hall–Kier alpha value is -3.66. The van der Waals surface area contributed by atoms with Gasteiger partial charge in [-0.2, -0.15) is 0 Å². The fourth-order valence-corrected chi connectivity index (χ4v) is 3.80. The van der Waals surface area contributed by atoms with E-state index in [0.717, 1.165) is 28.9 Å². The molecule has 0 fully saturated rings. The molecule has 0 aliphatic carbocycles. The lowest BCUT2D eigenvalue weighted by Gasteiger charge is -2.12. The fourth-order valence-electron chi connectivity index (χ4n) is 3.80. The zero-order valence-electron chi connectivity index (χ0n) is 17.8. The van der Waals surface area contributed by atoms with Gasteiger partial charge in [0.2, 0.25) is 0 Å². The van der Waals surface area contributed by atoms with Crippen molar-refractivity contribution in [2.75, 3.05) is 7.11 Å². The summed E-state index contributed by atoms with van der Waals surface area (Å²) in [6, 6.07) is 23.3. The molecule has 0 bridgehead atoms. The first-order valence-electron chi connectivity index (χ1n) is 10.5. The molecule has 0 saturated carbocycles. The van der Waals surface area contributed by atoms with E-state index in [1.807, 2.05) is 42.5 Å². The molecule has 4 aromatic rings. The van der Waals surface area contributed by atoms with Crippen LogP contribution in [-0.4, -0.2) is 23.2 Å². The number of pyridine rings is 1. The highest BCUT2D eigenvalue weighted by atomic mass is 16.5. The minimum absolute atomic E-state index is 0.247. The number of carboxylic acid groups (broad SMARTS) is 1. The topological polar surface area (TPSA) is 59.4 Å². The molecule has 0 aliphatic rings. The maximum Gasteiger partial charge on any atom is 0.336 e. The summed E-state index contributed by atoms with van der Waals surface area (Å²) in [5, 5.41) is 10.5. The van der Waals surface area contributed by atoms with Crippen LogP contribution < -0.4 is 4.74 Å². The summed E-state index contributed by atoms with van der Waals surface area (Å²) in [7, 11) is 1.62. The molecule has 4 rings (SSSR count). The number of unbranched alkanes of at least 4 members (excludes halogenated alkanes) is 1. The lowest BCUT2D eigenvalue weighted by molar-refractivity contribution is 0.0699. The highest BCUT2D eigenvalue weighted by Crippen LogP contribution is 2.33. The van der Waals surface area contributed by atoms with E-state index in [0.29, 0.717) is 16.6 Å². The molecule has 0 unspecified atom stereocenters. The van der Waals surface area contributed by atoms with Gasteiger partial charge in [0.05, 0.1) is 23.9 Å². The summed E-state index contributed by atoms with van der Waals surface area (Å²) < 4.78 is 5.23. The Bertz CT molecular complexity index is 1210. The van der Waals surface area contributed by atoms with Crippen molar-refractivity contribution >= 4 is 16.9 Å². The van der Waals surface area contributed by atoms with E-state index in [1.54, 1.807) is 13.2 Å². The average molecular weight is 412 g/mol. The number of aryl methyl sites for hydroxylation is 1. The van der Waals surface area contributed by atoms with Crippen LogP contribution in [-0.2, 0) is 6.42 Å². The average Bonchev–Trinajstić information content (AvgIpc) is 2.82. The van der Waals surface area contributed by atoms with E-state index in [4.69, 9.17) is 9.72 Å². The van der Waals surface area contributed by atoms with Crippen molar-refractivity contribution in [3.63, 3.8) is 0 Å². The molecule has 156 valence electrons. The van der Waals surface area contributed by atoms with Crippen molar-refractivity contribution in [3.05, 3.63) is 83.9 Å². The third-order valence-corrected chi connectivity index (χ3v) is 5.54. The fraction of sp³-hybridized carbons (Fsp3) is 0.185. The van der Waals surface area contributed by atoms with Crippen molar-refractivity contribution in [1.82, 2.24) is 4.98 Å². The molecule has 0 saturated heterocycles. The lowest BCUT2D eigenvalue weighted by Crippen LogP contribution is -2.01. The first-order valence-corrected chi connectivity index (χ1v) is 10.5. The van der Waals surface area contributed by atoms with Gasteiger partial charge in [-0.3, -0.25) is 0 Å². The number of aromatic carboxylic acids is 1. The van der Waals surface area contributed by atoms with Crippen molar-refractivity contribution in [2.45, 2.75) is 26.2 Å². The van der Waals surface area contributed by atoms with Crippen LogP contribution in [0.25, 0.3) is 33.3 Å². The van der Waals surface area contributed by atoms with Crippen molar-refractivity contribution in [1.29, 1.82) is 0 Å². The van der Waals surface area contributed by atoms with Crippen LogP contribution in [0.4, 0.5) is 0 Å². The number of carbonyl (C=O) groups is 1. The molecule has 0 amide bonds. The highest BCUT2D eigenvalue weighted by Gasteiger charge is 2.16. The molecule has 3 aromatic carbocycles. The predicted octanol–water partition coefficient (Wildman–Crippen LogP) is 6.62. The maximum atomic E-state index is 12.0. The largest absolute Gasteiger partial charge is 0.497 e. The Morgan fingerprint density at radius 1 is 0.968 bits per heavy atom. The van der Waals surface area contributed by atoms with Crippen LogP contribution in [0, 0.1) is 0 Å². The number of ether oxygens (including phenoxy) is 1. The normalized spacial score (nSPS) is 10.9. The van der Waals surface area contributed by atoms with Gasteiger partial charge in [-0.25, -0.2) is 9.78 Å². The van der Waals surface area contributed by atoms with Crippen molar-refractivity contribution < 1.29 is 14.6 Å². The molecular formula is C27H25NO3. The van der Waals surface area contributed by atoms with Gasteiger partial charge in [-0.15, -0.1) is 0 Å².